The highest BCUT2D eigenvalue weighted by Gasteiger charge is 2.12. The second kappa shape index (κ2) is 9.08. The standard InChI is InChI=1S/C20H26N2O3/c1-15-10-18(24-3)19(25-4)11-17(15)13-22(2)14-20(23)21-12-16-8-6-5-7-9-16/h5-11H,12-14H2,1-4H3,(H,21,23). The van der Waals surface area contributed by atoms with Gasteiger partial charge in [0.2, 0.25) is 5.91 Å². The molecule has 2 aromatic carbocycles. The van der Waals surface area contributed by atoms with Crippen LogP contribution >= 0.6 is 0 Å². The number of carbonyl (C=O) groups excluding carboxylic acids is 1. The minimum absolute atomic E-state index is 0.00415. The maximum Gasteiger partial charge on any atom is 0.234 e. The lowest BCUT2D eigenvalue weighted by Crippen LogP contribution is -2.34. The topological polar surface area (TPSA) is 50.8 Å². The Balaban J connectivity index is 1.91. The molecule has 1 N–H and O–H groups in total. The Morgan fingerprint density at radius 2 is 1.72 bits per heavy atom. The summed E-state index contributed by atoms with van der Waals surface area (Å²) in [6, 6.07) is 13.8. The molecule has 2 rings (SSSR count). The van der Waals surface area contributed by atoms with Gasteiger partial charge in [-0.25, -0.2) is 0 Å². The van der Waals surface area contributed by atoms with Crippen molar-refractivity contribution in [3.05, 3.63) is 59.2 Å². The molecule has 0 aliphatic rings. The van der Waals surface area contributed by atoms with E-state index in [9.17, 15) is 4.79 Å². The molecular formula is C20H26N2O3. The molecule has 5 heteroatoms. The summed E-state index contributed by atoms with van der Waals surface area (Å²) in [4.78, 5) is 14.1. The molecule has 1 amide bonds. The first-order valence-electron chi connectivity index (χ1n) is 8.24. The summed E-state index contributed by atoms with van der Waals surface area (Å²) in [5.74, 6) is 1.42. The zero-order valence-electron chi connectivity index (χ0n) is 15.3. The summed E-state index contributed by atoms with van der Waals surface area (Å²) in [7, 11) is 5.18. The van der Waals surface area contributed by atoms with E-state index in [1.54, 1.807) is 14.2 Å². The Kier molecular flexibility index (Phi) is 6.83. The average Bonchev–Trinajstić information content (AvgIpc) is 2.62. The number of nitrogens with one attached hydrogen (secondary N) is 1. The SMILES string of the molecule is COc1cc(C)c(CN(C)CC(=O)NCc2ccccc2)cc1OC. The van der Waals surface area contributed by atoms with Gasteiger partial charge < -0.3 is 14.8 Å². The maximum absolute atomic E-state index is 12.1. The van der Waals surface area contributed by atoms with E-state index in [-0.39, 0.29) is 5.91 Å². The molecule has 0 aliphatic carbocycles. The first-order chi connectivity index (χ1) is 12.0. The number of hydrogen-bond donors (Lipinski definition) is 1. The lowest BCUT2D eigenvalue weighted by molar-refractivity contribution is -0.122. The highest BCUT2D eigenvalue weighted by Crippen LogP contribution is 2.30. The van der Waals surface area contributed by atoms with Crippen LogP contribution in [0.4, 0.5) is 0 Å². The lowest BCUT2D eigenvalue weighted by atomic mass is 10.1. The zero-order chi connectivity index (χ0) is 18.2. The minimum Gasteiger partial charge on any atom is -0.493 e. The maximum atomic E-state index is 12.1. The number of rotatable bonds is 8. The summed E-state index contributed by atoms with van der Waals surface area (Å²) in [6.45, 7) is 3.56. The molecule has 0 fully saturated rings. The number of likely N-dealkylation sites (N-methyl/N-ethyl adjacent to an activating group) is 1. The number of ether oxygens (including phenoxy) is 2. The molecule has 0 unspecified atom stereocenters. The van der Waals surface area contributed by atoms with Gasteiger partial charge in [-0.3, -0.25) is 9.69 Å². The molecule has 0 aromatic heterocycles. The summed E-state index contributed by atoms with van der Waals surface area (Å²) in [5.41, 5.74) is 3.31. The van der Waals surface area contributed by atoms with Crippen molar-refractivity contribution >= 4 is 5.91 Å². The highest BCUT2D eigenvalue weighted by molar-refractivity contribution is 5.78. The lowest BCUT2D eigenvalue weighted by Gasteiger charge is -2.19. The molecule has 0 saturated heterocycles. The number of benzene rings is 2. The Bertz CT molecular complexity index is 702. The number of hydrogen-bond acceptors (Lipinski definition) is 4. The highest BCUT2D eigenvalue weighted by atomic mass is 16.5. The minimum atomic E-state index is 0.00415. The van der Waals surface area contributed by atoms with E-state index in [0.29, 0.717) is 31.1 Å². The fraction of sp³-hybridized carbons (Fsp3) is 0.350. The normalized spacial score (nSPS) is 10.6. The van der Waals surface area contributed by atoms with Crippen molar-refractivity contribution in [1.29, 1.82) is 0 Å². The van der Waals surface area contributed by atoms with Crippen molar-refractivity contribution < 1.29 is 14.3 Å². The van der Waals surface area contributed by atoms with Gasteiger partial charge in [0.15, 0.2) is 11.5 Å². The van der Waals surface area contributed by atoms with Crippen molar-refractivity contribution in [2.24, 2.45) is 0 Å². The molecule has 0 atom stereocenters. The molecule has 2 aromatic rings. The molecule has 0 heterocycles. The second-order valence-electron chi connectivity index (χ2n) is 6.07. The molecule has 0 bridgehead atoms. The van der Waals surface area contributed by atoms with Crippen LogP contribution in [0.2, 0.25) is 0 Å². The van der Waals surface area contributed by atoms with E-state index in [2.05, 4.69) is 5.32 Å². The van der Waals surface area contributed by atoms with E-state index in [1.807, 2.05) is 61.3 Å². The first-order valence-corrected chi connectivity index (χ1v) is 8.24. The van der Waals surface area contributed by atoms with Crippen LogP contribution in [-0.4, -0.2) is 38.6 Å². The van der Waals surface area contributed by atoms with Gasteiger partial charge in [0, 0.05) is 13.1 Å². The summed E-state index contributed by atoms with van der Waals surface area (Å²) in [6.07, 6.45) is 0. The van der Waals surface area contributed by atoms with Crippen LogP contribution in [0, 0.1) is 6.92 Å². The molecule has 0 spiro atoms. The number of carbonyl (C=O) groups is 1. The summed E-state index contributed by atoms with van der Waals surface area (Å²) in [5, 5.41) is 2.95. The monoisotopic (exact) mass is 342 g/mol. The van der Waals surface area contributed by atoms with Crippen molar-refractivity contribution in [1.82, 2.24) is 10.2 Å². The van der Waals surface area contributed by atoms with Gasteiger partial charge in [-0.05, 0) is 42.8 Å². The third-order valence-electron chi connectivity index (χ3n) is 4.03. The fourth-order valence-electron chi connectivity index (χ4n) is 2.64. The van der Waals surface area contributed by atoms with Crippen LogP contribution in [0.15, 0.2) is 42.5 Å². The predicted octanol–water partition coefficient (Wildman–Crippen LogP) is 2.76. The van der Waals surface area contributed by atoms with Gasteiger partial charge in [-0.2, -0.15) is 0 Å². The number of aryl methyl sites for hydroxylation is 1. The van der Waals surface area contributed by atoms with E-state index < -0.39 is 0 Å². The quantitative estimate of drug-likeness (QED) is 0.801. The Morgan fingerprint density at radius 1 is 1.08 bits per heavy atom. The van der Waals surface area contributed by atoms with E-state index in [1.165, 1.54) is 0 Å². The van der Waals surface area contributed by atoms with E-state index >= 15 is 0 Å². The number of amides is 1. The molecule has 5 nitrogen and oxygen atoms in total. The molecule has 0 aliphatic heterocycles. The van der Waals surface area contributed by atoms with Crippen LogP contribution in [0.1, 0.15) is 16.7 Å². The van der Waals surface area contributed by atoms with Crippen molar-refractivity contribution in [2.45, 2.75) is 20.0 Å². The number of nitrogens with zero attached hydrogens (tertiary/aromatic N) is 1. The molecule has 0 saturated carbocycles. The summed E-state index contributed by atoms with van der Waals surface area (Å²) >= 11 is 0. The van der Waals surface area contributed by atoms with Gasteiger partial charge in [-0.1, -0.05) is 30.3 Å². The van der Waals surface area contributed by atoms with E-state index in [0.717, 1.165) is 16.7 Å². The van der Waals surface area contributed by atoms with Crippen LogP contribution in [-0.2, 0) is 17.9 Å². The van der Waals surface area contributed by atoms with Crippen molar-refractivity contribution in [3.63, 3.8) is 0 Å². The molecule has 25 heavy (non-hydrogen) atoms. The van der Waals surface area contributed by atoms with Crippen molar-refractivity contribution in [2.75, 3.05) is 27.8 Å². The number of methoxy groups -OCH3 is 2. The van der Waals surface area contributed by atoms with Gasteiger partial charge >= 0.3 is 0 Å². The van der Waals surface area contributed by atoms with Gasteiger partial charge in [0.1, 0.15) is 0 Å². The van der Waals surface area contributed by atoms with Gasteiger partial charge in [0.05, 0.1) is 20.8 Å². The Morgan fingerprint density at radius 3 is 2.36 bits per heavy atom. The zero-order valence-corrected chi connectivity index (χ0v) is 15.3. The molecular weight excluding hydrogens is 316 g/mol. The second-order valence-corrected chi connectivity index (χ2v) is 6.07. The van der Waals surface area contributed by atoms with Crippen LogP contribution < -0.4 is 14.8 Å². The van der Waals surface area contributed by atoms with Crippen LogP contribution in [0.5, 0.6) is 11.5 Å². The van der Waals surface area contributed by atoms with Crippen LogP contribution in [0.3, 0.4) is 0 Å². The van der Waals surface area contributed by atoms with Crippen LogP contribution in [0.25, 0.3) is 0 Å². The third kappa shape index (κ3) is 5.50. The van der Waals surface area contributed by atoms with Gasteiger partial charge in [0.25, 0.3) is 0 Å². The Hall–Kier alpha value is -2.53. The van der Waals surface area contributed by atoms with Crippen molar-refractivity contribution in [3.8, 4) is 11.5 Å². The first kappa shape index (κ1) is 18.8. The third-order valence-corrected chi connectivity index (χ3v) is 4.03. The predicted molar refractivity (Wildman–Crippen MR) is 98.9 cm³/mol. The molecule has 134 valence electrons. The fourth-order valence-corrected chi connectivity index (χ4v) is 2.64. The largest absolute Gasteiger partial charge is 0.493 e. The average molecular weight is 342 g/mol. The van der Waals surface area contributed by atoms with E-state index in [4.69, 9.17) is 9.47 Å². The molecule has 0 radical (unpaired) electrons. The van der Waals surface area contributed by atoms with Gasteiger partial charge in [-0.15, -0.1) is 0 Å². The summed E-state index contributed by atoms with van der Waals surface area (Å²) < 4.78 is 10.7. The Labute approximate surface area is 149 Å². The smallest absolute Gasteiger partial charge is 0.234 e.